The summed E-state index contributed by atoms with van der Waals surface area (Å²) in [5.41, 5.74) is 2.06. The van der Waals surface area contributed by atoms with E-state index in [1.807, 2.05) is 38.1 Å². The second-order valence-electron chi connectivity index (χ2n) is 8.50. The van der Waals surface area contributed by atoms with Crippen LogP contribution in [0.5, 0.6) is 11.5 Å². The van der Waals surface area contributed by atoms with Crippen LogP contribution in [0.15, 0.2) is 60.7 Å². The maximum atomic E-state index is 13.1. The number of Topliss-reactive ketones (excluding diaryl/α,β-unsaturated/α-hetero) is 1. The summed E-state index contributed by atoms with van der Waals surface area (Å²) in [6, 6.07) is 11.7. The predicted octanol–water partition coefficient (Wildman–Crippen LogP) is 3.94. The predicted molar refractivity (Wildman–Crippen MR) is 132 cm³/mol. The number of aliphatic hydroxyl groups is 1. The lowest BCUT2D eigenvalue weighted by Crippen LogP contribution is -2.32. The maximum absolute atomic E-state index is 13.1. The molecule has 0 bridgehead atoms. The number of aryl methyl sites for hydroxylation is 1. The van der Waals surface area contributed by atoms with E-state index in [1.165, 1.54) is 0 Å². The number of aliphatic hydroxyl groups excluding tert-OH is 1. The zero-order chi connectivity index (χ0) is 24.8. The Hall–Kier alpha value is -3.58. The molecule has 3 rings (SSSR count). The molecule has 0 aliphatic carbocycles. The molecule has 7 nitrogen and oxygen atoms in total. The number of carbonyl (C=O) groups excluding carboxylic acids is 2. The van der Waals surface area contributed by atoms with E-state index in [1.54, 1.807) is 48.4 Å². The Morgan fingerprint density at radius 2 is 1.88 bits per heavy atom. The molecule has 1 heterocycles. The van der Waals surface area contributed by atoms with Crippen LogP contribution < -0.4 is 9.47 Å². The number of ether oxygens (including phenoxy) is 2. The highest BCUT2D eigenvalue weighted by Gasteiger charge is 2.45. The van der Waals surface area contributed by atoms with Crippen LogP contribution in [0.3, 0.4) is 0 Å². The fraction of sp³-hybridized carbons (Fsp3) is 0.333. The number of hydrogen-bond donors (Lipinski definition) is 1. The van der Waals surface area contributed by atoms with Crippen LogP contribution in [0, 0.1) is 6.92 Å². The van der Waals surface area contributed by atoms with Crippen LogP contribution in [0.2, 0.25) is 0 Å². The van der Waals surface area contributed by atoms with Crippen molar-refractivity contribution >= 4 is 17.4 Å². The molecule has 0 aromatic heterocycles. The van der Waals surface area contributed by atoms with Gasteiger partial charge in [0.2, 0.25) is 0 Å². The number of methoxy groups -OCH3 is 1. The number of likely N-dealkylation sites (tertiary alicyclic amines) is 1. The summed E-state index contributed by atoms with van der Waals surface area (Å²) in [4.78, 5) is 29.8. The topological polar surface area (TPSA) is 79.3 Å². The standard InChI is InChI=1S/C27H32N2O5/c1-6-16-34-22-13-10-20(17-18(22)2)25(30)23-24(19-8-11-21(33-5)12-9-19)29(27(32)26(23)31)15-7-14-28(3)4/h6,8-13,17,24,30H,1,7,14-16H2,2-5H3/t24-/m0/s1. The van der Waals surface area contributed by atoms with Gasteiger partial charge in [-0.2, -0.15) is 0 Å². The molecule has 0 unspecified atom stereocenters. The third kappa shape index (κ3) is 5.31. The van der Waals surface area contributed by atoms with E-state index in [0.29, 0.717) is 36.6 Å². The van der Waals surface area contributed by atoms with Crippen molar-refractivity contribution in [3.05, 3.63) is 77.4 Å². The van der Waals surface area contributed by atoms with Gasteiger partial charge in [-0.15, -0.1) is 0 Å². The number of benzene rings is 2. The van der Waals surface area contributed by atoms with Gasteiger partial charge in [0.15, 0.2) is 0 Å². The molecule has 1 N–H and O–H groups in total. The van der Waals surface area contributed by atoms with Crippen molar-refractivity contribution in [1.29, 1.82) is 0 Å². The summed E-state index contributed by atoms with van der Waals surface area (Å²) in [7, 11) is 5.49. The third-order valence-corrected chi connectivity index (χ3v) is 5.78. The summed E-state index contributed by atoms with van der Waals surface area (Å²) in [5.74, 6) is -0.171. The molecule has 1 amide bonds. The van der Waals surface area contributed by atoms with Gasteiger partial charge in [0.05, 0.1) is 18.7 Å². The SMILES string of the molecule is C=CCOc1ccc(C(O)=C2C(=O)C(=O)N(CCCN(C)C)[C@H]2c2ccc(OC)cc2)cc1C. The lowest BCUT2D eigenvalue weighted by Gasteiger charge is -2.26. The third-order valence-electron chi connectivity index (χ3n) is 5.78. The molecule has 1 saturated heterocycles. The lowest BCUT2D eigenvalue weighted by atomic mass is 9.94. The van der Waals surface area contributed by atoms with Crippen molar-refractivity contribution in [1.82, 2.24) is 9.80 Å². The minimum atomic E-state index is -0.690. The molecule has 34 heavy (non-hydrogen) atoms. The van der Waals surface area contributed by atoms with Crippen molar-refractivity contribution in [3.8, 4) is 11.5 Å². The van der Waals surface area contributed by atoms with Crippen LogP contribution in [-0.4, -0.2) is 67.5 Å². The monoisotopic (exact) mass is 464 g/mol. The molecular weight excluding hydrogens is 432 g/mol. The van der Waals surface area contributed by atoms with Crippen molar-refractivity contribution in [2.24, 2.45) is 0 Å². The average Bonchev–Trinajstić information content (AvgIpc) is 3.07. The van der Waals surface area contributed by atoms with E-state index in [-0.39, 0.29) is 11.3 Å². The summed E-state index contributed by atoms with van der Waals surface area (Å²) in [5, 5.41) is 11.3. The van der Waals surface area contributed by atoms with E-state index in [4.69, 9.17) is 9.47 Å². The zero-order valence-electron chi connectivity index (χ0n) is 20.2. The van der Waals surface area contributed by atoms with E-state index in [0.717, 1.165) is 17.7 Å². The first-order chi connectivity index (χ1) is 16.3. The Bertz CT molecular complexity index is 1090. The molecule has 7 heteroatoms. The first-order valence-corrected chi connectivity index (χ1v) is 11.2. The van der Waals surface area contributed by atoms with Gasteiger partial charge in [-0.1, -0.05) is 24.8 Å². The van der Waals surface area contributed by atoms with Crippen molar-refractivity contribution in [2.75, 3.05) is 40.9 Å². The van der Waals surface area contributed by atoms with Crippen LogP contribution >= 0.6 is 0 Å². The van der Waals surface area contributed by atoms with Gasteiger partial charge < -0.3 is 24.4 Å². The molecule has 1 fully saturated rings. The van der Waals surface area contributed by atoms with Gasteiger partial charge in [0.25, 0.3) is 11.7 Å². The fourth-order valence-electron chi connectivity index (χ4n) is 4.06. The Labute approximate surface area is 200 Å². The van der Waals surface area contributed by atoms with Crippen molar-refractivity contribution < 1.29 is 24.2 Å². The average molecular weight is 465 g/mol. The first kappa shape index (κ1) is 25.1. The number of amides is 1. The molecule has 180 valence electrons. The molecule has 0 spiro atoms. The number of hydrogen-bond acceptors (Lipinski definition) is 6. The maximum Gasteiger partial charge on any atom is 0.295 e. The second kappa shape index (κ2) is 11.0. The van der Waals surface area contributed by atoms with Gasteiger partial charge in [-0.05, 0) is 75.4 Å². The second-order valence-corrected chi connectivity index (χ2v) is 8.50. The number of rotatable bonds is 10. The number of nitrogens with zero attached hydrogens (tertiary/aromatic N) is 2. The van der Waals surface area contributed by atoms with E-state index < -0.39 is 17.7 Å². The highest BCUT2D eigenvalue weighted by atomic mass is 16.5. The van der Waals surface area contributed by atoms with Crippen molar-refractivity contribution in [3.63, 3.8) is 0 Å². The smallest absolute Gasteiger partial charge is 0.295 e. The molecule has 1 aliphatic heterocycles. The van der Waals surface area contributed by atoms with Crippen LogP contribution in [0.25, 0.3) is 5.76 Å². The number of ketones is 1. The molecule has 0 saturated carbocycles. The van der Waals surface area contributed by atoms with Gasteiger partial charge in [0.1, 0.15) is 23.9 Å². The van der Waals surface area contributed by atoms with Gasteiger partial charge in [-0.3, -0.25) is 9.59 Å². The normalized spacial score (nSPS) is 17.3. The van der Waals surface area contributed by atoms with Gasteiger partial charge >= 0.3 is 0 Å². The molecule has 0 radical (unpaired) electrons. The quantitative estimate of drug-likeness (QED) is 0.248. The van der Waals surface area contributed by atoms with Crippen LogP contribution in [-0.2, 0) is 9.59 Å². The van der Waals surface area contributed by atoms with Gasteiger partial charge in [-0.25, -0.2) is 0 Å². The zero-order valence-corrected chi connectivity index (χ0v) is 20.2. The van der Waals surface area contributed by atoms with E-state index in [2.05, 4.69) is 6.58 Å². The highest BCUT2D eigenvalue weighted by molar-refractivity contribution is 6.46. The van der Waals surface area contributed by atoms with E-state index >= 15 is 0 Å². The minimum Gasteiger partial charge on any atom is -0.507 e. The van der Waals surface area contributed by atoms with Gasteiger partial charge in [0, 0.05) is 12.1 Å². The molecule has 1 atom stereocenters. The Kier molecular flexibility index (Phi) is 8.12. The summed E-state index contributed by atoms with van der Waals surface area (Å²) in [6.07, 6.45) is 2.35. The largest absolute Gasteiger partial charge is 0.507 e. The first-order valence-electron chi connectivity index (χ1n) is 11.2. The molecule has 2 aromatic carbocycles. The summed E-state index contributed by atoms with van der Waals surface area (Å²) < 4.78 is 10.9. The van der Waals surface area contributed by atoms with E-state index in [9.17, 15) is 14.7 Å². The Balaban J connectivity index is 2.06. The number of carbonyl (C=O) groups is 2. The van der Waals surface area contributed by atoms with Crippen LogP contribution in [0.4, 0.5) is 0 Å². The fourth-order valence-corrected chi connectivity index (χ4v) is 4.06. The summed E-state index contributed by atoms with van der Waals surface area (Å²) >= 11 is 0. The lowest BCUT2D eigenvalue weighted by molar-refractivity contribution is -0.139. The Morgan fingerprint density at radius 1 is 1.18 bits per heavy atom. The molecule has 2 aromatic rings. The molecule has 1 aliphatic rings. The highest BCUT2D eigenvalue weighted by Crippen LogP contribution is 2.40. The summed E-state index contributed by atoms with van der Waals surface area (Å²) in [6.45, 7) is 7.03. The van der Waals surface area contributed by atoms with Crippen molar-refractivity contribution in [2.45, 2.75) is 19.4 Å². The van der Waals surface area contributed by atoms with Crippen LogP contribution in [0.1, 0.15) is 29.2 Å². The minimum absolute atomic E-state index is 0.0826. The Morgan fingerprint density at radius 3 is 2.47 bits per heavy atom. The molecular formula is C27H32N2O5.